The van der Waals surface area contributed by atoms with Crippen molar-refractivity contribution < 1.29 is 9.59 Å². The molecule has 1 heterocycles. The third-order valence-electron chi connectivity index (χ3n) is 3.05. The van der Waals surface area contributed by atoms with Crippen LogP contribution in [-0.4, -0.2) is 48.9 Å². The number of rotatable bonds is 8. The number of nitrogens with zero attached hydrogens (tertiary/aromatic N) is 1. The Bertz CT molecular complexity index is 342. The van der Waals surface area contributed by atoms with Crippen LogP contribution in [-0.2, 0) is 9.59 Å². The molecule has 0 aromatic carbocycles. The minimum absolute atomic E-state index is 0.0177. The van der Waals surface area contributed by atoms with Crippen LogP contribution in [0.2, 0.25) is 0 Å². The quantitative estimate of drug-likeness (QED) is 0.495. The van der Waals surface area contributed by atoms with Crippen molar-refractivity contribution in [2.45, 2.75) is 25.3 Å². The lowest BCUT2D eigenvalue weighted by Crippen LogP contribution is -2.56. The predicted molar refractivity (Wildman–Crippen MR) is 75.6 cm³/mol. The molecule has 0 aliphatic carbocycles. The molecular formula is C14H23N3O2. The molecule has 2 amide bonds. The average molecular weight is 265 g/mol. The van der Waals surface area contributed by atoms with Gasteiger partial charge in [-0.25, -0.2) is 0 Å². The maximum absolute atomic E-state index is 12.2. The van der Waals surface area contributed by atoms with Crippen molar-refractivity contribution in [3.05, 3.63) is 25.3 Å². The van der Waals surface area contributed by atoms with E-state index < -0.39 is 6.04 Å². The highest BCUT2D eigenvalue weighted by atomic mass is 16.2. The molecule has 0 aromatic rings. The van der Waals surface area contributed by atoms with E-state index in [1.807, 2.05) is 11.0 Å². The molecule has 1 unspecified atom stereocenters. The second kappa shape index (κ2) is 8.48. The zero-order valence-corrected chi connectivity index (χ0v) is 11.4. The summed E-state index contributed by atoms with van der Waals surface area (Å²) in [6.07, 6.45) is 5.49. The highest BCUT2D eigenvalue weighted by Crippen LogP contribution is 2.07. The molecule has 0 aromatic heterocycles. The molecule has 5 nitrogen and oxygen atoms in total. The number of carbonyl (C=O) groups excluding carboxylic acids is 2. The summed E-state index contributed by atoms with van der Waals surface area (Å²) < 4.78 is 0. The van der Waals surface area contributed by atoms with E-state index in [9.17, 15) is 9.59 Å². The second-order valence-corrected chi connectivity index (χ2v) is 4.56. The van der Waals surface area contributed by atoms with Crippen LogP contribution < -0.4 is 10.6 Å². The summed E-state index contributed by atoms with van der Waals surface area (Å²) in [6, 6.07) is -0.401. The number of amides is 2. The molecule has 5 heteroatoms. The Hall–Kier alpha value is -1.62. The Morgan fingerprint density at radius 2 is 2.26 bits per heavy atom. The summed E-state index contributed by atoms with van der Waals surface area (Å²) in [5.74, 6) is -0.109. The molecule has 0 bridgehead atoms. The lowest BCUT2D eigenvalue weighted by Gasteiger charge is -2.33. The highest BCUT2D eigenvalue weighted by Gasteiger charge is 2.29. The van der Waals surface area contributed by atoms with Crippen LogP contribution in [0.5, 0.6) is 0 Å². The monoisotopic (exact) mass is 265 g/mol. The van der Waals surface area contributed by atoms with Gasteiger partial charge in [0.2, 0.25) is 11.8 Å². The van der Waals surface area contributed by atoms with Crippen LogP contribution in [0.3, 0.4) is 0 Å². The maximum atomic E-state index is 12.2. The number of nitrogens with one attached hydrogen (secondary N) is 2. The minimum atomic E-state index is -0.401. The molecule has 106 valence electrons. The summed E-state index contributed by atoms with van der Waals surface area (Å²) in [5, 5.41) is 5.78. The smallest absolute Gasteiger partial charge is 0.240 e. The summed E-state index contributed by atoms with van der Waals surface area (Å²) in [5.41, 5.74) is 0. The molecule has 0 spiro atoms. The fourth-order valence-electron chi connectivity index (χ4n) is 2.04. The first-order valence-electron chi connectivity index (χ1n) is 6.69. The van der Waals surface area contributed by atoms with E-state index in [1.54, 1.807) is 6.08 Å². The lowest BCUT2D eigenvalue weighted by atomic mass is 10.1. The first-order chi connectivity index (χ1) is 9.19. The molecule has 0 saturated carbocycles. The number of hydrogen-bond acceptors (Lipinski definition) is 3. The van der Waals surface area contributed by atoms with Gasteiger partial charge in [-0.15, -0.1) is 13.2 Å². The number of carbonyl (C=O) groups is 2. The topological polar surface area (TPSA) is 61.4 Å². The Labute approximate surface area is 114 Å². The zero-order valence-electron chi connectivity index (χ0n) is 11.4. The fourth-order valence-corrected chi connectivity index (χ4v) is 2.04. The van der Waals surface area contributed by atoms with Crippen LogP contribution in [0, 0.1) is 0 Å². The van der Waals surface area contributed by atoms with Crippen LogP contribution in [0.15, 0.2) is 25.3 Å². The normalized spacial score (nSPS) is 19.1. The first-order valence-corrected chi connectivity index (χ1v) is 6.69. The Kier molecular flexibility index (Phi) is 6.89. The van der Waals surface area contributed by atoms with Gasteiger partial charge in [-0.3, -0.25) is 9.59 Å². The third-order valence-corrected chi connectivity index (χ3v) is 3.05. The molecule has 1 fully saturated rings. The van der Waals surface area contributed by atoms with Gasteiger partial charge in [-0.2, -0.15) is 0 Å². The van der Waals surface area contributed by atoms with Crippen molar-refractivity contribution in [3.63, 3.8) is 0 Å². The van der Waals surface area contributed by atoms with E-state index >= 15 is 0 Å². The van der Waals surface area contributed by atoms with E-state index in [2.05, 4.69) is 23.8 Å². The van der Waals surface area contributed by atoms with Gasteiger partial charge in [0, 0.05) is 26.2 Å². The van der Waals surface area contributed by atoms with Crippen LogP contribution >= 0.6 is 0 Å². The standard InChI is InChI=1S/C14H23N3O2/c1-3-5-6-9-17-10-8-15-12(14(17)19)11-13(18)16-7-4-2/h3-4,12,15H,1-2,5-11H2,(H,16,18). The zero-order chi connectivity index (χ0) is 14.1. The van der Waals surface area contributed by atoms with Crippen molar-refractivity contribution >= 4 is 11.8 Å². The minimum Gasteiger partial charge on any atom is -0.353 e. The molecule has 1 atom stereocenters. The summed E-state index contributed by atoms with van der Waals surface area (Å²) in [4.78, 5) is 25.6. The Morgan fingerprint density at radius 3 is 2.95 bits per heavy atom. The van der Waals surface area contributed by atoms with Crippen LogP contribution in [0.1, 0.15) is 19.3 Å². The van der Waals surface area contributed by atoms with Crippen LogP contribution in [0.25, 0.3) is 0 Å². The number of hydrogen-bond donors (Lipinski definition) is 2. The summed E-state index contributed by atoms with van der Waals surface area (Å²) in [6.45, 7) is 9.81. The predicted octanol–water partition coefficient (Wildman–Crippen LogP) is 0.445. The fraction of sp³-hybridized carbons (Fsp3) is 0.571. The van der Waals surface area contributed by atoms with Gasteiger partial charge in [-0.05, 0) is 12.8 Å². The van der Waals surface area contributed by atoms with Gasteiger partial charge in [0.15, 0.2) is 0 Å². The van der Waals surface area contributed by atoms with Gasteiger partial charge in [0.05, 0.1) is 12.5 Å². The lowest BCUT2D eigenvalue weighted by molar-refractivity contribution is -0.138. The Morgan fingerprint density at radius 1 is 1.47 bits per heavy atom. The number of piperazine rings is 1. The average Bonchev–Trinajstić information content (AvgIpc) is 2.41. The van der Waals surface area contributed by atoms with Crippen molar-refractivity contribution in [1.29, 1.82) is 0 Å². The van der Waals surface area contributed by atoms with Gasteiger partial charge < -0.3 is 15.5 Å². The number of unbranched alkanes of at least 4 members (excludes halogenated alkanes) is 1. The molecule has 0 radical (unpaired) electrons. The number of allylic oxidation sites excluding steroid dienone is 1. The summed E-state index contributed by atoms with van der Waals surface area (Å²) >= 11 is 0. The van der Waals surface area contributed by atoms with Crippen molar-refractivity contribution in [3.8, 4) is 0 Å². The molecule has 2 N–H and O–H groups in total. The molecule has 1 rings (SSSR count). The van der Waals surface area contributed by atoms with Gasteiger partial charge >= 0.3 is 0 Å². The van der Waals surface area contributed by atoms with Crippen molar-refractivity contribution in [1.82, 2.24) is 15.5 Å². The highest BCUT2D eigenvalue weighted by molar-refractivity contribution is 5.88. The van der Waals surface area contributed by atoms with Crippen molar-refractivity contribution in [2.75, 3.05) is 26.2 Å². The van der Waals surface area contributed by atoms with E-state index in [0.29, 0.717) is 13.1 Å². The van der Waals surface area contributed by atoms with E-state index in [4.69, 9.17) is 0 Å². The van der Waals surface area contributed by atoms with Crippen molar-refractivity contribution in [2.24, 2.45) is 0 Å². The third kappa shape index (κ3) is 5.26. The summed E-state index contributed by atoms with van der Waals surface area (Å²) in [7, 11) is 0. The molecule has 1 saturated heterocycles. The molecule has 19 heavy (non-hydrogen) atoms. The largest absolute Gasteiger partial charge is 0.353 e. The molecular weight excluding hydrogens is 242 g/mol. The second-order valence-electron chi connectivity index (χ2n) is 4.56. The van der Waals surface area contributed by atoms with E-state index in [0.717, 1.165) is 25.9 Å². The SMILES string of the molecule is C=CCCCN1CCNC(CC(=O)NCC=C)C1=O. The van der Waals surface area contributed by atoms with E-state index in [1.165, 1.54) is 0 Å². The molecule has 1 aliphatic rings. The van der Waals surface area contributed by atoms with Gasteiger partial charge in [-0.1, -0.05) is 12.2 Å². The van der Waals surface area contributed by atoms with Gasteiger partial charge in [0.25, 0.3) is 0 Å². The van der Waals surface area contributed by atoms with Crippen LogP contribution in [0.4, 0.5) is 0 Å². The first kappa shape index (κ1) is 15.4. The maximum Gasteiger partial charge on any atom is 0.240 e. The Balaban J connectivity index is 2.41. The van der Waals surface area contributed by atoms with E-state index in [-0.39, 0.29) is 18.2 Å². The van der Waals surface area contributed by atoms with Gasteiger partial charge in [0.1, 0.15) is 0 Å². The molecule has 1 aliphatic heterocycles.